The van der Waals surface area contributed by atoms with Crippen molar-refractivity contribution < 1.29 is 4.74 Å². The van der Waals surface area contributed by atoms with Gasteiger partial charge in [-0.15, -0.1) is 0 Å². The molecule has 2 N–H and O–H groups in total. The van der Waals surface area contributed by atoms with Crippen LogP contribution in [0.2, 0.25) is 5.15 Å². The van der Waals surface area contributed by atoms with E-state index in [-0.39, 0.29) is 0 Å². The molecular formula is C16H18ClN3O. The predicted octanol–water partition coefficient (Wildman–Crippen LogP) is 4.57. The second-order valence-electron chi connectivity index (χ2n) is 4.71. The third kappa shape index (κ3) is 3.52. The molecule has 0 saturated heterocycles. The van der Waals surface area contributed by atoms with E-state index in [0.717, 1.165) is 28.3 Å². The number of nitrogens with one attached hydrogen (secondary N) is 2. The van der Waals surface area contributed by atoms with Crippen molar-refractivity contribution in [2.75, 3.05) is 12.4 Å². The van der Waals surface area contributed by atoms with Crippen LogP contribution in [-0.4, -0.2) is 17.8 Å². The van der Waals surface area contributed by atoms with Crippen LogP contribution in [0, 0.1) is 12.3 Å². The molecule has 2 aromatic rings. The summed E-state index contributed by atoms with van der Waals surface area (Å²) in [7, 11) is 1.63. The molecule has 1 heterocycles. The number of halogens is 1. The summed E-state index contributed by atoms with van der Waals surface area (Å²) < 4.78 is 5.39. The Morgan fingerprint density at radius 2 is 2.10 bits per heavy atom. The summed E-state index contributed by atoms with van der Waals surface area (Å²) in [6, 6.07) is 7.62. The minimum Gasteiger partial charge on any atom is -0.495 e. The summed E-state index contributed by atoms with van der Waals surface area (Å²) in [4.78, 5) is 4.06. The Morgan fingerprint density at radius 1 is 1.33 bits per heavy atom. The number of hydrogen-bond acceptors (Lipinski definition) is 4. The van der Waals surface area contributed by atoms with Gasteiger partial charge in [0.1, 0.15) is 10.9 Å². The fourth-order valence-electron chi connectivity index (χ4n) is 2.01. The molecule has 0 aliphatic carbocycles. The van der Waals surface area contributed by atoms with E-state index in [1.165, 1.54) is 0 Å². The maximum atomic E-state index is 8.03. The van der Waals surface area contributed by atoms with Gasteiger partial charge in [0, 0.05) is 17.5 Å². The highest BCUT2D eigenvalue weighted by Crippen LogP contribution is 2.31. The van der Waals surface area contributed by atoms with Gasteiger partial charge in [-0.25, -0.2) is 4.98 Å². The summed E-state index contributed by atoms with van der Waals surface area (Å²) in [5.74, 6) is 0.747. The first kappa shape index (κ1) is 15.3. The molecule has 1 aromatic heterocycles. The van der Waals surface area contributed by atoms with Crippen LogP contribution in [0.25, 0.3) is 0 Å². The zero-order valence-corrected chi connectivity index (χ0v) is 13.1. The molecule has 0 spiro atoms. The number of anilines is 2. The maximum Gasteiger partial charge on any atom is 0.142 e. The number of hydrogen-bond donors (Lipinski definition) is 2. The standard InChI is InChI=1S/C16H18ClN3O/c1-4-12(18)11-9-19-16(17)8-14(11)20-13-6-5-10(2)7-15(13)21-3/h5-9,18H,4H2,1-3H3,(H,19,20). The lowest BCUT2D eigenvalue weighted by Crippen LogP contribution is -2.04. The SMILES string of the molecule is CCC(=N)c1cnc(Cl)cc1Nc1ccc(C)cc1OC. The Balaban J connectivity index is 2.43. The minimum absolute atomic E-state index is 0.385. The zero-order valence-electron chi connectivity index (χ0n) is 12.3. The highest BCUT2D eigenvalue weighted by molar-refractivity contribution is 6.29. The normalized spacial score (nSPS) is 10.3. The summed E-state index contributed by atoms with van der Waals surface area (Å²) in [6.07, 6.45) is 2.25. The quantitative estimate of drug-likeness (QED) is 0.628. The van der Waals surface area contributed by atoms with Crippen molar-refractivity contribution in [3.63, 3.8) is 0 Å². The van der Waals surface area contributed by atoms with E-state index in [0.29, 0.717) is 17.3 Å². The fraction of sp³-hybridized carbons (Fsp3) is 0.250. The van der Waals surface area contributed by atoms with Gasteiger partial charge in [0.15, 0.2) is 0 Å². The Hall–Kier alpha value is -2.07. The first-order valence-corrected chi connectivity index (χ1v) is 7.08. The third-order valence-corrected chi connectivity index (χ3v) is 3.38. The molecule has 0 saturated carbocycles. The molecule has 2 rings (SSSR count). The lowest BCUT2D eigenvalue weighted by atomic mass is 10.1. The summed E-state index contributed by atoms with van der Waals surface area (Å²) in [5.41, 5.74) is 3.95. The number of pyridine rings is 1. The molecule has 0 fully saturated rings. The molecule has 1 aromatic carbocycles. The van der Waals surface area contributed by atoms with Crippen molar-refractivity contribution >= 4 is 28.7 Å². The zero-order chi connectivity index (χ0) is 15.4. The predicted molar refractivity (Wildman–Crippen MR) is 87.4 cm³/mol. The molecule has 0 aliphatic rings. The van der Waals surface area contributed by atoms with E-state index in [4.69, 9.17) is 21.7 Å². The van der Waals surface area contributed by atoms with Crippen LogP contribution >= 0.6 is 11.6 Å². The highest BCUT2D eigenvalue weighted by atomic mass is 35.5. The van der Waals surface area contributed by atoms with Crippen molar-refractivity contribution in [2.45, 2.75) is 20.3 Å². The average molecular weight is 304 g/mol. The molecule has 5 heteroatoms. The van der Waals surface area contributed by atoms with E-state index in [9.17, 15) is 0 Å². The van der Waals surface area contributed by atoms with Crippen molar-refractivity contribution in [1.82, 2.24) is 4.98 Å². The van der Waals surface area contributed by atoms with Gasteiger partial charge in [-0.1, -0.05) is 24.6 Å². The van der Waals surface area contributed by atoms with Gasteiger partial charge in [0.2, 0.25) is 0 Å². The first-order valence-electron chi connectivity index (χ1n) is 6.70. The topological polar surface area (TPSA) is 58.0 Å². The molecular weight excluding hydrogens is 286 g/mol. The van der Waals surface area contributed by atoms with Crippen LogP contribution in [0.4, 0.5) is 11.4 Å². The molecule has 110 valence electrons. The second-order valence-corrected chi connectivity index (χ2v) is 5.10. The van der Waals surface area contributed by atoms with Gasteiger partial charge in [0.05, 0.1) is 18.5 Å². The third-order valence-electron chi connectivity index (χ3n) is 3.18. The lowest BCUT2D eigenvalue weighted by molar-refractivity contribution is 0.416. The van der Waals surface area contributed by atoms with Crippen molar-refractivity contribution in [2.24, 2.45) is 0 Å². The van der Waals surface area contributed by atoms with Gasteiger partial charge in [-0.3, -0.25) is 0 Å². The number of aromatic nitrogens is 1. The first-order chi connectivity index (χ1) is 10.0. The number of ether oxygens (including phenoxy) is 1. The highest BCUT2D eigenvalue weighted by Gasteiger charge is 2.11. The maximum absolute atomic E-state index is 8.03. The number of nitrogens with zero attached hydrogens (tertiary/aromatic N) is 1. The summed E-state index contributed by atoms with van der Waals surface area (Å²) in [5, 5.41) is 11.7. The van der Waals surface area contributed by atoms with Crippen LogP contribution < -0.4 is 10.1 Å². The molecule has 0 aliphatic heterocycles. The minimum atomic E-state index is 0.385. The summed E-state index contributed by atoms with van der Waals surface area (Å²) >= 11 is 5.98. The van der Waals surface area contributed by atoms with Crippen molar-refractivity contribution in [3.05, 3.63) is 46.7 Å². The Labute approximate surface area is 129 Å². The Bertz CT molecular complexity index is 671. The van der Waals surface area contributed by atoms with Gasteiger partial charge >= 0.3 is 0 Å². The number of benzene rings is 1. The van der Waals surface area contributed by atoms with Crippen molar-refractivity contribution in [1.29, 1.82) is 5.41 Å². The Kier molecular flexibility index (Phi) is 4.81. The lowest BCUT2D eigenvalue weighted by Gasteiger charge is -2.15. The van der Waals surface area contributed by atoms with Gasteiger partial charge in [0.25, 0.3) is 0 Å². The fourth-order valence-corrected chi connectivity index (χ4v) is 2.17. The Morgan fingerprint density at radius 3 is 2.76 bits per heavy atom. The second kappa shape index (κ2) is 6.59. The van der Waals surface area contributed by atoms with Crippen LogP contribution in [0.1, 0.15) is 24.5 Å². The van der Waals surface area contributed by atoms with E-state index in [2.05, 4.69) is 10.3 Å². The molecule has 0 unspecified atom stereocenters. The molecule has 0 atom stereocenters. The van der Waals surface area contributed by atoms with E-state index >= 15 is 0 Å². The van der Waals surface area contributed by atoms with E-state index < -0.39 is 0 Å². The van der Waals surface area contributed by atoms with Gasteiger partial charge < -0.3 is 15.5 Å². The molecule has 21 heavy (non-hydrogen) atoms. The van der Waals surface area contributed by atoms with Crippen LogP contribution in [0.3, 0.4) is 0 Å². The number of methoxy groups -OCH3 is 1. The molecule has 0 radical (unpaired) electrons. The number of rotatable bonds is 5. The van der Waals surface area contributed by atoms with E-state index in [1.54, 1.807) is 19.4 Å². The summed E-state index contributed by atoms with van der Waals surface area (Å²) in [6.45, 7) is 3.95. The average Bonchev–Trinajstić information content (AvgIpc) is 2.48. The van der Waals surface area contributed by atoms with E-state index in [1.807, 2.05) is 32.0 Å². The molecule has 4 nitrogen and oxygen atoms in total. The van der Waals surface area contributed by atoms with Crippen molar-refractivity contribution in [3.8, 4) is 5.75 Å². The largest absolute Gasteiger partial charge is 0.495 e. The van der Waals surface area contributed by atoms with Gasteiger partial charge in [-0.2, -0.15) is 0 Å². The van der Waals surface area contributed by atoms with Crippen LogP contribution in [-0.2, 0) is 0 Å². The van der Waals surface area contributed by atoms with Crippen LogP contribution in [0.15, 0.2) is 30.5 Å². The molecule has 0 amide bonds. The number of aryl methyl sites for hydroxylation is 1. The van der Waals surface area contributed by atoms with Gasteiger partial charge in [-0.05, 0) is 37.1 Å². The molecule has 0 bridgehead atoms. The smallest absolute Gasteiger partial charge is 0.142 e. The monoisotopic (exact) mass is 303 g/mol. The van der Waals surface area contributed by atoms with Crippen LogP contribution in [0.5, 0.6) is 5.75 Å².